The van der Waals surface area contributed by atoms with Crippen molar-refractivity contribution < 1.29 is 30.3 Å². The van der Waals surface area contributed by atoms with Crippen LogP contribution in [0.15, 0.2) is 0 Å². The zero-order valence-corrected chi connectivity index (χ0v) is 20.2. The summed E-state index contributed by atoms with van der Waals surface area (Å²) in [5.41, 5.74) is -0.556. The molecule has 0 heterocycles. The van der Waals surface area contributed by atoms with Crippen molar-refractivity contribution in [1.29, 1.82) is 0 Å². The SMILES string of the molecule is CC[C@H]1[C@@H](O)C2C3C[C@H](O)[C@H]([C@H](C)CCC(=O)O)[C@@]3(C)[C@@H](O)CC2[C@@]2(C)CC[C@@H](O)C[C@@H]12. The summed E-state index contributed by atoms with van der Waals surface area (Å²) in [4.78, 5) is 11.2. The highest BCUT2D eigenvalue weighted by atomic mass is 16.4. The maximum absolute atomic E-state index is 11.7. The van der Waals surface area contributed by atoms with Crippen LogP contribution in [-0.4, -0.2) is 55.9 Å². The molecule has 0 amide bonds. The van der Waals surface area contributed by atoms with Crippen molar-refractivity contribution in [3.63, 3.8) is 0 Å². The van der Waals surface area contributed by atoms with Crippen LogP contribution in [0.2, 0.25) is 0 Å². The van der Waals surface area contributed by atoms with Gasteiger partial charge in [0.2, 0.25) is 0 Å². The predicted molar refractivity (Wildman–Crippen MR) is 121 cm³/mol. The van der Waals surface area contributed by atoms with Gasteiger partial charge in [-0.15, -0.1) is 0 Å². The number of carbonyl (C=O) groups is 1. The first kappa shape index (κ1) is 24.4. The summed E-state index contributed by atoms with van der Waals surface area (Å²) in [5.74, 6) is -0.439. The molecule has 6 heteroatoms. The second kappa shape index (κ2) is 8.51. The second-order valence-corrected chi connectivity index (χ2v) is 12.2. The summed E-state index contributed by atoms with van der Waals surface area (Å²) < 4.78 is 0. The largest absolute Gasteiger partial charge is 0.481 e. The lowest BCUT2D eigenvalue weighted by molar-refractivity contribution is -0.228. The Morgan fingerprint density at radius 2 is 1.72 bits per heavy atom. The van der Waals surface area contributed by atoms with E-state index in [1.54, 1.807) is 0 Å². The van der Waals surface area contributed by atoms with Crippen molar-refractivity contribution >= 4 is 5.97 Å². The molecular weight excluding hydrogens is 408 g/mol. The van der Waals surface area contributed by atoms with E-state index in [0.717, 1.165) is 25.7 Å². The monoisotopic (exact) mass is 452 g/mol. The van der Waals surface area contributed by atoms with Gasteiger partial charge in [-0.3, -0.25) is 4.79 Å². The standard InChI is InChI=1S/C26H44O6/c1-5-15-16-10-14(27)8-9-25(16,3)17-12-20(29)26(4)18(22(17)24(15)32)11-19(28)23(26)13(2)6-7-21(30)31/h13-20,22-24,27-29,32H,5-12H2,1-4H3,(H,30,31)/t13-,14-,15-,16+,17?,18?,19+,20+,22?,23+,24-,25+,26-/m1/s1. The summed E-state index contributed by atoms with van der Waals surface area (Å²) in [7, 11) is 0. The number of hydrogen-bond donors (Lipinski definition) is 5. The molecule has 0 aromatic heterocycles. The topological polar surface area (TPSA) is 118 Å². The molecule has 0 spiro atoms. The van der Waals surface area contributed by atoms with Gasteiger partial charge in [-0.2, -0.15) is 0 Å². The summed E-state index contributed by atoms with van der Waals surface area (Å²) in [6.45, 7) is 8.55. The first-order valence-corrected chi connectivity index (χ1v) is 12.9. The van der Waals surface area contributed by atoms with Gasteiger partial charge in [0.05, 0.1) is 24.4 Å². The summed E-state index contributed by atoms with van der Waals surface area (Å²) in [6.07, 6.45) is 3.03. The number of hydrogen-bond acceptors (Lipinski definition) is 5. The van der Waals surface area contributed by atoms with Gasteiger partial charge in [-0.1, -0.05) is 34.1 Å². The summed E-state index contributed by atoms with van der Waals surface area (Å²) in [5, 5.41) is 54.1. The van der Waals surface area contributed by atoms with Crippen molar-refractivity contribution in [1.82, 2.24) is 0 Å². The van der Waals surface area contributed by atoms with Crippen LogP contribution >= 0.6 is 0 Å². The molecule has 4 aliphatic rings. The molecule has 184 valence electrons. The van der Waals surface area contributed by atoms with Crippen LogP contribution in [-0.2, 0) is 4.79 Å². The average molecular weight is 453 g/mol. The maximum Gasteiger partial charge on any atom is 0.303 e. The Bertz CT molecular complexity index is 712. The fourth-order valence-electron chi connectivity index (χ4n) is 9.52. The third-order valence-corrected chi connectivity index (χ3v) is 11.0. The van der Waals surface area contributed by atoms with E-state index in [-0.39, 0.29) is 59.4 Å². The molecule has 0 aromatic rings. The van der Waals surface area contributed by atoms with E-state index in [1.165, 1.54) is 0 Å². The quantitative estimate of drug-likeness (QED) is 0.438. The Kier molecular flexibility index (Phi) is 6.50. The first-order valence-electron chi connectivity index (χ1n) is 12.9. The van der Waals surface area contributed by atoms with Crippen LogP contribution in [0.4, 0.5) is 0 Å². The molecule has 0 aromatic carbocycles. The molecule has 3 unspecified atom stereocenters. The highest BCUT2D eigenvalue weighted by molar-refractivity contribution is 5.66. The van der Waals surface area contributed by atoms with Crippen molar-refractivity contribution in [2.75, 3.05) is 0 Å². The number of fused-ring (bicyclic) bond motifs is 5. The third kappa shape index (κ3) is 3.47. The second-order valence-electron chi connectivity index (χ2n) is 12.2. The molecule has 4 fully saturated rings. The predicted octanol–water partition coefficient (Wildman–Crippen LogP) is 3.06. The smallest absolute Gasteiger partial charge is 0.303 e. The Morgan fingerprint density at radius 1 is 1.03 bits per heavy atom. The molecule has 0 radical (unpaired) electrons. The molecule has 13 atom stereocenters. The normalized spacial score (nSPS) is 53.8. The molecule has 4 aliphatic carbocycles. The average Bonchev–Trinajstić information content (AvgIpc) is 3.00. The summed E-state index contributed by atoms with van der Waals surface area (Å²) in [6, 6.07) is 0. The minimum Gasteiger partial charge on any atom is -0.481 e. The number of rotatable bonds is 5. The number of aliphatic carboxylic acids is 1. The van der Waals surface area contributed by atoms with Crippen molar-refractivity contribution in [3.8, 4) is 0 Å². The van der Waals surface area contributed by atoms with E-state index in [2.05, 4.69) is 20.8 Å². The molecule has 4 rings (SSSR count). The van der Waals surface area contributed by atoms with Gasteiger partial charge in [0.15, 0.2) is 0 Å². The number of carboxylic acids is 1. The minimum atomic E-state index is -0.831. The van der Waals surface area contributed by atoms with Gasteiger partial charge >= 0.3 is 5.97 Å². The van der Waals surface area contributed by atoms with Crippen LogP contribution in [0.1, 0.15) is 79.1 Å². The third-order valence-electron chi connectivity index (χ3n) is 11.0. The van der Waals surface area contributed by atoms with E-state index >= 15 is 0 Å². The van der Waals surface area contributed by atoms with Crippen molar-refractivity contribution in [2.24, 2.45) is 52.3 Å². The van der Waals surface area contributed by atoms with Crippen LogP contribution in [0, 0.1) is 52.3 Å². The van der Waals surface area contributed by atoms with Gasteiger partial charge in [0, 0.05) is 11.8 Å². The van der Waals surface area contributed by atoms with Gasteiger partial charge in [-0.25, -0.2) is 0 Å². The molecule has 4 saturated carbocycles. The van der Waals surface area contributed by atoms with Crippen LogP contribution < -0.4 is 0 Å². The lowest BCUT2D eigenvalue weighted by Crippen LogP contribution is -2.65. The fourth-order valence-corrected chi connectivity index (χ4v) is 9.52. The van der Waals surface area contributed by atoms with Crippen LogP contribution in [0.5, 0.6) is 0 Å². The molecule has 0 bridgehead atoms. The minimum absolute atomic E-state index is 0.0113. The molecule has 0 saturated heterocycles. The summed E-state index contributed by atoms with van der Waals surface area (Å²) >= 11 is 0. The number of aliphatic hydroxyl groups excluding tert-OH is 4. The Morgan fingerprint density at radius 3 is 2.34 bits per heavy atom. The van der Waals surface area contributed by atoms with Gasteiger partial charge in [-0.05, 0) is 85.4 Å². The lowest BCUT2D eigenvalue weighted by atomic mass is 9.41. The molecule has 32 heavy (non-hydrogen) atoms. The molecule has 6 nitrogen and oxygen atoms in total. The Hall–Kier alpha value is -0.690. The molecule has 0 aliphatic heterocycles. The van der Waals surface area contributed by atoms with Crippen LogP contribution in [0.25, 0.3) is 0 Å². The zero-order chi connectivity index (χ0) is 23.6. The van der Waals surface area contributed by atoms with Crippen molar-refractivity contribution in [2.45, 2.75) is 103 Å². The van der Waals surface area contributed by atoms with Crippen molar-refractivity contribution in [3.05, 3.63) is 0 Å². The molecular formula is C26H44O6. The van der Waals surface area contributed by atoms with E-state index in [4.69, 9.17) is 5.11 Å². The Balaban J connectivity index is 1.70. The molecule has 5 N–H and O–H groups in total. The van der Waals surface area contributed by atoms with E-state index in [0.29, 0.717) is 19.3 Å². The highest BCUT2D eigenvalue weighted by Crippen LogP contribution is 2.69. The van der Waals surface area contributed by atoms with E-state index in [9.17, 15) is 25.2 Å². The number of aliphatic hydroxyl groups is 4. The maximum atomic E-state index is 11.7. The first-order chi connectivity index (χ1) is 15.0. The Labute approximate surface area is 192 Å². The van der Waals surface area contributed by atoms with Gasteiger partial charge in [0.25, 0.3) is 0 Å². The lowest BCUT2D eigenvalue weighted by Gasteiger charge is -2.65. The zero-order valence-electron chi connectivity index (χ0n) is 20.2. The number of carboxylic acid groups (broad SMARTS) is 1. The van der Waals surface area contributed by atoms with Gasteiger partial charge in [0.1, 0.15) is 0 Å². The van der Waals surface area contributed by atoms with Crippen LogP contribution in [0.3, 0.4) is 0 Å². The van der Waals surface area contributed by atoms with E-state index in [1.807, 2.05) is 6.92 Å². The highest BCUT2D eigenvalue weighted by Gasteiger charge is 2.68. The van der Waals surface area contributed by atoms with E-state index < -0.39 is 29.7 Å². The fraction of sp³-hybridized carbons (Fsp3) is 0.962. The van der Waals surface area contributed by atoms with Gasteiger partial charge < -0.3 is 25.5 Å².